The van der Waals surface area contributed by atoms with Crippen molar-refractivity contribution in [3.63, 3.8) is 0 Å². The van der Waals surface area contributed by atoms with E-state index in [-0.39, 0.29) is 11.9 Å². The molecule has 0 saturated heterocycles. The van der Waals surface area contributed by atoms with Gasteiger partial charge < -0.3 is 4.74 Å². The van der Waals surface area contributed by atoms with Crippen LogP contribution in [-0.2, 0) is 17.8 Å². The number of aryl methyl sites for hydroxylation is 1. The molecule has 168 valence electrons. The van der Waals surface area contributed by atoms with Crippen LogP contribution in [-0.4, -0.2) is 41.7 Å². The molecule has 5 rings (SSSR count). The molecular weight excluding hydrogens is 410 g/mol. The Hall–Kier alpha value is -3.44. The summed E-state index contributed by atoms with van der Waals surface area (Å²) in [5.41, 5.74) is 6.94. The quantitative estimate of drug-likeness (QED) is 0.577. The second-order valence-electron chi connectivity index (χ2n) is 8.82. The zero-order valence-corrected chi connectivity index (χ0v) is 19.2. The van der Waals surface area contributed by atoms with Crippen molar-refractivity contribution in [2.45, 2.75) is 32.4 Å². The van der Waals surface area contributed by atoms with Gasteiger partial charge in [0.25, 0.3) is 5.91 Å². The van der Waals surface area contributed by atoms with Gasteiger partial charge in [-0.15, -0.1) is 0 Å². The lowest BCUT2D eigenvalue weighted by atomic mass is 9.95. The van der Waals surface area contributed by atoms with E-state index in [0.717, 1.165) is 42.1 Å². The monoisotopic (exact) mass is 439 g/mol. The molecular formula is C28H29N3O2. The first kappa shape index (κ1) is 21.4. The Morgan fingerprint density at radius 2 is 1.82 bits per heavy atom. The van der Waals surface area contributed by atoms with Crippen LogP contribution in [0.3, 0.4) is 0 Å². The third kappa shape index (κ3) is 4.41. The van der Waals surface area contributed by atoms with Gasteiger partial charge in [-0.05, 0) is 47.7 Å². The maximum Gasteiger partial charge on any atom is 0.257 e. The van der Waals surface area contributed by atoms with Crippen LogP contribution < -0.4 is 4.74 Å². The van der Waals surface area contributed by atoms with Gasteiger partial charge in [-0.3, -0.25) is 9.69 Å². The fourth-order valence-corrected chi connectivity index (χ4v) is 4.87. The molecule has 5 nitrogen and oxygen atoms in total. The second kappa shape index (κ2) is 9.20. The Kier molecular flexibility index (Phi) is 5.97. The molecule has 0 unspecified atom stereocenters. The molecule has 3 aromatic carbocycles. The van der Waals surface area contributed by atoms with E-state index in [2.05, 4.69) is 48.2 Å². The van der Waals surface area contributed by atoms with Crippen LogP contribution in [0.2, 0.25) is 0 Å². The number of hydrogen-bond acceptors (Lipinski definition) is 4. The summed E-state index contributed by atoms with van der Waals surface area (Å²) >= 11 is 0. The summed E-state index contributed by atoms with van der Waals surface area (Å²) in [5.74, 6) is 0.833. The van der Waals surface area contributed by atoms with Gasteiger partial charge >= 0.3 is 0 Å². The van der Waals surface area contributed by atoms with E-state index in [0.29, 0.717) is 13.0 Å². The molecule has 2 heterocycles. The largest absolute Gasteiger partial charge is 0.497 e. The number of carbonyl (C=O) groups excluding carboxylic acids is 1. The number of ether oxygens (including phenoxy) is 1. The fraction of sp³-hybridized carbons (Fsp3) is 0.286. The molecule has 0 N–H and O–H groups in total. The smallest absolute Gasteiger partial charge is 0.257 e. The highest BCUT2D eigenvalue weighted by molar-refractivity contribution is 6.03. The number of fused-ring (bicyclic) bond motifs is 1. The highest BCUT2D eigenvalue weighted by atomic mass is 16.5. The first-order valence-electron chi connectivity index (χ1n) is 11.5. The molecule has 33 heavy (non-hydrogen) atoms. The van der Waals surface area contributed by atoms with Crippen LogP contribution in [0, 0.1) is 6.92 Å². The van der Waals surface area contributed by atoms with E-state index in [1.165, 1.54) is 16.7 Å². The number of amides is 1. The Morgan fingerprint density at radius 1 is 1.03 bits per heavy atom. The van der Waals surface area contributed by atoms with Crippen molar-refractivity contribution in [3.05, 3.63) is 101 Å². The average Bonchev–Trinajstić information content (AvgIpc) is 3.30. The van der Waals surface area contributed by atoms with E-state index in [1.807, 2.05) is 36.4 Å². The summed E-state index contributed by atoms with van der Waals surface area (Å²) in [6.45, 7) is 4.16. The summed E-state index contributed by atoms with van der Waals surface area (Å²) in [6, 6.07) is 24.6. The predicted molar refractivity (Wildman–Crippen MR) is 130 cm³/mol. The van der Waals surface area contributed by atoms with Crippen LogP contribution in [0.25, 0.3) is 0 Å². The minimum Gasteiger partial charge on any atom is -0.497 e. The zero-order chi connectivity index (χ0) is 22.8. The van der Waals surface area contributed by atoms with Gasteiger partial charge in [0.2, 0.25) is 0 Å². The van der Waals surface area contributed by atoms with Crippen molar-refractivity contribution in [1.29, 1.82) is 0 Å². The number of hydrogen-bond donors (Lipinski definition) is 0. The maximum atomic E-state index is 13.6. The lowest BCUT2D eigenvalue weighted by Gasteiger charge is -2.30. The molecule has 3 aromatic rings. The standard InChI is InChI=1S/C28H29N3O2/c1-20-8-3-6-13-25(20)27-17-26(22-11-7-12-24(16-22)33-2)29-31(27)28(32)19-30-15-14-21-9-4-5-10-23(21)18-30/h3-13,16,27H,14-15,17-19H2,1-2H3/t27-/m0/s1. The SMILES string of the molecule is COc1cccc(C2=NN(C(=O)CN3CCc4ccccc4C3)[C@H](c3ccccc3C)C2)c1. The van der Waals surface area contributed by atoms with Crippen LogP contribution in [0.1, 0.15) is 40.3 Å². The van der Waals surface area contributed by atoms with Gasteiger partial charge in [-0.25, -0.2) is 5.01 Å². The Balaban J connectivity index is 1.42. The van der Waals surface area contributed by atoms with Gasteiger partial charge in [0.05, 0.1) is 25.4 Å². The van der Waals surface area contributed by atoms with E-state index < -0.39 is 0 Å². The minimum absolute atomic E-state index is 0.0422. The molecule has 5 heteroatoms. The van der Waals surface area contributed by atoms with Crippen LogP contribution in [0.5, 0.6) is 5.75 Å². The zero-order valence-electron chi connectivity index (χ0n) is 19.2. The summed E-state index contributed by atoms with van der Waals surface area (Å²) in [4.78, 5) is 15.8. The van der Waals surface area contributed by atoms with E-state index in [4.69, 9.17) is 9.84 Å². The van der Waals surface area contributed by atoms with Gasteiger partial charge in [0, 0.05) is 25.1 Å². The molecule has 0 aromatic heterocycles. The lowest BCUT2D eigenvalue weighted by molar-refractivity contribution is -0.134. The Bertz CT molecular complexity index is 1200. The highest BCUT2D eigenvalue weighted by Gasteiger charge is 2.34. The number of benzene rings is 3. The first-order valence-corrected chi connectivity index (χ1v) is 11.5. The molecule has 2 aliphatic rings. The molecule has 0 spiro atoms. The van der Waals surface area contributed by atoms with E-state index >= 15 is 0 Å². The van der Waals surface area contributed by atoms with Crippen molar-refractivity contribution in [3.8, 4) is 5.75 Å². The number of nitrogens with zero attached hydrogens (tertiary/aromatic N) is 3. The van der Waals surface area contributed by atoms with Crippen molar-refractivity contribution in [2.75, 3.05) is 20.2 Å². The summed E-state index contributed by atoms with van der Waals surface area (Å²) in [6.07, 6.45) is 1.66. The Labute approximate surface area is 195 Å². The van der Waals surface area contributed by atoms with Crippen molar-refractivity contribution < 1.29 is 9.53 Å². The lowest BCUT2D eigenvalue weighted by Crippen LogP contribution is -2.40. The van der Waals surface area contributed by atoms with Crippen molar-refractivity contribution in [1.82, 2.24) is 9.91 Å². The summed E-state index contributed by atoms with van der Waals surface area (Å²) in [5, 5.41) is 6.58. The third-order valence-electron chi connectivity index (χ3n) is 6.68. The molecule has 0 bridgehead atoms. The molecule has 2 aliphatic heterocycles. The van der Waals surface area contributed by atoms with Crippen LogP contribution in [0.15, 0.2) is 77.9 Å². The molecule has 0 fully saturated rings. The van der Waals surface area contributed by atoms with Crippen molar-refractivity contribution >= 4 is 11.6 Å². The molecule has 0 radical (unpaired) electrons. The van der Waals surface area contributed by atoms with Gasteiger partial charge in [-0.2, -0.15) is 5.10 Å². The highest BCUT2D eigenvalue weighted by Crippen LogP contribution is 2.35. The van der Waals surface area contributed by atoms with Gasteiger partial charge in [0.1, 0.15) is 5.75 Å². The first-order chi connectivity index (χ1) is 16.1. The van der Waals surface area contributed by atoms with Gasteiger partial charge in [-0.1, -0.05) is 60.7 Å². The molecule has 0 aliphatic carbocycles. The minimum atomic E-state index is -0.100. The number of carbonyl (C=O) groups is 1. The van der Waals surface area contributed by atoms with Crippen LogP contribution >= 0.6 is 0 Å². The van der Waals surface area contributed by atoms with E-state index in [1.54, 1.807) is 12.1 Å². The summed E-state index contributed by atoms with van der Waals surface area (Å²) in [7, 11) is 1.66. The number of methoxy groups -OCH3 is 1. The number of rotatable bonds is 5. The molecule has 1 atom stereocenters. The maximum absolute atomic E-state index is 13.6. The topological polar surface area (TPSA) is 45.1 Å². The number of hydrazone groups is 1. The fourth-order valence-electron chi connectivity index (χ4n) is 4.87. The Morgan fingerprint density at radius 3 is 2.64 bits per heavy atom. The van der Waals surface area contributed by atoms with Crippen LogP contribution in [0.4, 0.5) is 0 Å². The normalized spacial score (nSPS) is 18.1. The molecule has 0 saturated carbocycles. The third-order valence-corrected chi connectivity index (χ3v) is 6.68. The van der Waals surface area contributed by atoms with E-state index in [9.17, 15) is 4.79 Å². The molecule has 1 amide bonds. The average molecular weight is 440 g/mol. The second-order valence-corrected chi connectivity index (χ2v) is 8.82. The van der Waals surface area contributed by atoms with Gasteiger partial charge in [0.15, 0.2) is 0 Å². The predicted octanol–water partition coefficient (Wildman–Crippen LogP) is 4.74. The van der Waals surface area contributed by atoms with Crippen molar-refractivity contribution in [2.24, 2.45) is 5.10 Å². The summed E-state index contributed by atoms with van der Waals surface area (Å²) < 4.78 is 5.41.